The van der Waals surface area contributed by atoms with Crippen molar-refractivity contribution in [3.05, 3.63) is 51.4 Å². The zero-order chi connectivity index (χ0) is 21.3. The molecule has 1 aliphatic heterocycles. The highest BCUT2D eigenvalue weighted by atomic mass is 32.1. The average molecular weight is 426 g/mol. The van der Waals surface area contributed by atoms with Gasteiger partial charge in [-0.15, -0.1) is 5.10 Å². The standard InChI is InChI=1S/C22H27N5O2S/c1-4-5-17-13-19(28)27-21(23-17)30-22(25-27)26-10-8-16(9-11-26)20(29)24-18-12-14(2)6-7-15(18)3/h6-7,12-13,16H,4-5,8-11H2,1-3H3,(H,24,29). The third kappa shape index (κ3) is 4.23. The van der Waals surface area contributed by atoms with Gasteiger partial charge in [0.15, 0.2) is 0 Å². The van der Waals surface area contributed by atoms with Crippen LogP contribution in [0.1, 0.15) is 43.0 Å². The van der Waals surface area contributed by atoms with Crippen molar-refractivity contribution in [2.75, 3.05) is 23.3 Å². The molecule has 8 heteroatoms. The molecule has 0 atom stereocenters. The summed E-state index contributed by atoms with van der Waals surface area (Å²) in [5.41, 5.74) is 3.78. The molecule has 4 rings (SSSR count). The molecular formula is C22H27N5O2S. The second-order valence-corrected chi connectivity index (χ2v) is 8.92. The summed E-state index contributed by atoms with van der Waals surface area (Å²) in [6.45, 7) is 7.58. The Labute approximate surface area is 179 Å². The van der Waals surface area contributed by atoms with E-state index in [1.165, 1.54) is 15.9 Å². The largest absolute Gasteiger partial charge is 0.347 e. The lowest BCUT2D eigenvalue weighted by molar-refractivity contribution is -0.120. The lowest BCUT2D eigenvalue weighted by Gasteiger charge is -2.30. The predicted molar refractivity (Wildman–Crippen MR) is 121 cm³/mol. The molecule has 2 aromatic heterocycles. The van der Waals surface area contributed by atoms with E-state index < -0.39 is 0 Å². The number of aryl methyl sites for hydroxylation is 3. The van der Waals surface area contributed by atoms with E-state index in [9.17, 15) is 9.59 Å². The molecule has 1 fully saturated rings. The monoisotopic (exact) mass is 425 g/mol. The van der Waals surface area contributed by atoms with E-state index in [0.717, 1.165) is 66.4 Å². The lowest BCUT2D eigenvalue weighted by Crippen LogP contribution is -2.38. The fraction of sp³-hybridized carbons (Fsp3) is 0.455. The van der Waals surface area contributed by atoms with Crippen LogP contribution in [0, 0.1) is 19.8 Å². The molecule has 1 N–H and O–H groups in total. The van der Waals surface area contributed by atoms with Crippen molar-refractivity contribution in [1.29, 1.82) is 0 Å². The lowest BCUT2D eigenvalue weighted by atomic mass is 9.96. The first-order valence-electron chi connectivity index (χ1n) is 10.5. The van der Waals surface area contributed by atoms with Gasteiger partial charge in [-0.2, -0.15) is 4.52 Å². The topological polar surface area (TPSA) is 79.6 Å². The average Bonchev–Trinajstić information content (AvgIpc) is 3.16. The fourth-order valence-electron chi connectivity index (χ4n) is 3.80. The Bertz CT molecular complexity index is 1130. The molecule has 1 saturated heterocycles. The number of nitrogens with zero attached hydrogens (tertiary/aromatic N) is 4. The molecule has 0 bridgehead atoms. The molecule has 30 heavy (non-hydrogen) atoms. The van der Waals surface area contributed by atoms with Crippen LogP contribution < -0.4 is 15.8 Å². The number of piperidine rings is 1. The van der Waals surface area contributed by atoms with Crippen LogP contribution in [-0.2, 0) is 11.2 Å². The normalized spacial score (nSPS) is 15.0. The van der Waals surface area contributed by atoms with Crippen molar-refractivity contribution >= 4 is 33.0 Å². The van der Waals surface area contributed by atoms with E-state index in [0.29, 0.717) is 4.96 Å². The number of aromatic nitrogens is 3. The number of carbonyl (C=O) groups is 1. The molecule has 1 amide bonds. The molecule has 7 nitrogen and oxygen atoms in total. The van der Waals surface area contributed by atoms with E-state index >= 15 is 0 Å². The van der Waals surface area contributed by atoms with Crippen molar-refractivity contribution in [2.24, 2.45) is 5.92 Å². The summed E-state index contributed by atoms with van der Waals surface area (Å²) in [5, 5.41) is 8.37. The maximum atomic E-state index is 12.8. The smallest absolute Gasteiger partial charge is 0.275 e. The van der Waals surface area contributed by atoms with Gasteiger partial charge in [0.25, 0.3) is 5.56 Å². The third-order valence-corrected chi connectivity index (χ3v) is 6.55. The molecule has 3 aromatic rings. The number of benzene rings is 1. The molecule has 158 valence electrons. The Kier molecular flexibility index (Phi) is 5.85. The molecule has 0 aliphatic carbocycles. The molecule has 1 aromatic carbocycles. The van der Waals surface area contributed by atoms with Crippen LogP contribution >= 0.6 is 11.3 Å². The molecule has 1 aliphatic rings. The zero-order valence-electron chi connectivity index (χ0n) is 17.6. The van der Waals surface area contributed by atoms with Gasteiger partial charge in [-0.25, -0.2) is 4.98 Å². The van der Waals surface area contributed by atoms with Crippen LogP contribution in [0.4, 0.5) is 10.8 Å². The van der Waals surface area contributed by atoms with Gasteiger partial charge >= 0.3 is 0 Å². The minimum absolute atomic E-state index is 0.0208. The first kappa shape index (κ1) is 20.5. The van der Waals surface area contributed by atoms with Crippen molar-refractivity contribution in [2.45, 2.75) is 46.5 Å². The van der Waals surface area contributed by atoms with Crippen LogP contribution in [0.25, 0.3) is 4.96 Å². The number of hydrogen-bond acceptors (Lipinski definition) is 6. The van der Waals surface area contributed by atoms with E-state index in [4.69, 9.17) is 0 Å². The van der Waals surface area contributed by atoms with E-state index in [-0.39, 0.29) is 17.4 Å². The summed E-state index contributed by atoms with van der Waals surface area (Å²) >= 11 is 1.44. The second kappa shape index (κ2) is 8.55. The summed E-state index contributed by atoms with van der Waals surface area (Å²) in [6.07, 6.45) is 3.26. The molecule has 3 heterocycles. The summed E-state index contributed by atoms with van der Waals surface area (Å²) in [5.74, 6) is 0.0577. The van der Waals surface area contributed by atoms with Crippen molar-refractivity contribution in [1.82, 2.24) is 14.6 Å². The Morgan fingerprint density at radius 1 is 1.23 bits per heavy atom. The molecule has 0 unspecified atom stereocenters. The van der Waals surface area contributed by atoms with Gasteiger partial charge in [0, 0.05) is 36.5 Å². The quantitative estimate of drug-likeness (QED) is 0.676. The maximum absolute atomic E-state index is 12.8. The van der Waals surface area contributed by atoms with Crippen molar-refractivity contribution in [3.8, 4) is 0 Å². The Hall–Kier alpha value is -2.74. The summed E-state index contributed by atoms with van der Waals surface area (Å²) in [6, 6.07) is 7.67. The zero-order valence-corrected chi connectivity index (χ0v) is 18.5. The number of nitrogens with one attached hydrogen (secondary N) is 1. The summed E-state index contributed by atoms with van der Waals surface area (Å²) in [4.78, 5) is 32.5. The Morgan fingerprint density at radius 3 is 2.73 bits per heavy atom. The van der Waals surface area contributed by atoms with Gasteiger partial charge in [0.1, 0.15) is 0 Å². The van der Waals surface area contributed by atoms with E-state index in [1.54, 1.807) is 6.07 Å². The first-order valence-corrected chi connectivity index (χ1v) is 11.3. The number of carbonyl (C=O) groups excluding carboxylic acids is 1. The minimum Gasteiger partial charge on any atom is -0.347 e. The van der Waals surface area contributed by atoms with Gasteiger partial charge in [0.2, 0.25) is 16.0 Å². The fourth-order valence-corrected chi connectivity index (χ4v) is 4.77. The Morgan fingerprint density at radius 2 is 2.00 bits per heavy atom. The second-order valence-electron chi connectivity index (χ2n) is 7.98. The van der Waals surface area contributed by atoms with Crippen LogP contribution in [0.15, 0.2) is 29.1 Å². The van der Waals surface area contributed by atoms with Gasteiger partial charge in [-0.1, -0.05) is 36.8 Å². The summed E-state index contributed by atoms with van der Waals surface area (Å²) < 4.78 is 1.39. The highest BCUT2D eigenvalue weighted by Gasteiger charge is 2.27. The van der Waals surface area contributed by atoms with Crippen LogP contribution in [0.5, 0.6) is 0 Å². The SMILES string of the molecule is CCCc1cc(=O)n2nc(N3CCC(C(=O)Nc4cc(C)ccc4C)CC3)sc2n1. The molecule has 0 radical (unpaired) electrons. The summed E-state index contributed by atoms with van der Waals surface area (Å²) in [7, 11) is 0. The first-order chi connectivity index (χ1) is 14.4. The van der Waals surface area contributed by atoms with Crippen molar-refractivity contribution in [3.63, 3.8) is 0 Å². The Balaban J connectivity index is 1.43. The number of amides is 1. The number of rotatable bonds is 5. The molecule has 0 saturated carbocycles. The number of hydrogen-bond donors (Lipinski definition) is 1. The third-order valence-electron chi connectivity index (χ3n) is 5.58. The molecule has 0 spiro atoms. The van der Waals surface area contributed by atoms with E-state index in [1.807, 2.05) is 32.0 Å². The molecular weight excluding hydrogens is 398 g/mol. The highest BCUT2D eigenvalue weighted by Crippen LogP contribution is 2.28. The van der Waals surface area contributed by atoms with E-state index in [2.05, 4.69) is 27.2 Å². The number of fused-ring (bicyclic) bond motifs is 1. The van der Waals surface area contributed by atoms with Gasteiger partial charge < -0.3 is 10.2 Å². The van der Waals surface area contributed by atoms with Crippen LogP contribution in [0.2, 0.25) is 0 Å². The van der Waals surface area contributed by atoms with Crippen LogP contribution in [-0.4, -0.2) is 33.6 Å². The number of anilines is 2. The van der Waals surface area contributed by atoms with Crippen molar-refractivity contribution < 1.29 is 4.79 Å². The van der Waals surface area contributed by atoms with Gasteiger partial charge in [-0.3, -0.25) is 9.59 Å². The van der Waals surface area contributed by atoms with Gasteiger partial charge in [-0.05, 0) is 50.3 Å². The van der Waals surface area contributed by atoms with Crippen LogP contribution in [0.3, 0.4) is 0 Å². The highest BCUT2D eigenvalue weighted by molar-refractivity contribution is 7.20. The minimum atomic E-state index is -0.131. The maximum Gasteiger partial charge on any atom is 0.275 e. The van der Waals surface area contributed by atoms with Gasteiger partial charge in [0.05, 0.1) is 0 Å². The predicted octanol–water partition coefficient (Wildman–Crippen LogP) is 3.58.